The lowest BCUT2D eigenvalue weighted by Crippen LogP contribution is -2.36. The molecule has 0 aromatic rings. The maximum absolute atomic E-state index is 11.8. The first kappa shape index (κ1) is 13.9. The summed E-state index contributed by atoms with van der Waals surface area (Å²) in [6, 6.07) is 0. The van der Waals surface area contributed by atoms with Crippen LogP contribution in [-0.4, -0.2) is 29.7 Å². The van der Waals surface area contributed by atoms with E-state index in [4.69, 9.17) is 0 Å². The Morgan fingerprint density at radius 2 is 1.94 bits per heavy atom. The van der Waals surface area contributed by atoms with E-state index in [1.165, 1.54) is 12.5 Å². The van der Waals surface area contributed by atoms with Gasteiger partial charge in [0, 0.05) is 25.9 Å². The molecule has 17 heavy (non-hydrogen) atoms. The van der Waals surface area contributed by atoms with Gasteiger partial charge in [0.25, 0.3) is 0 Å². The molecular weight excluding hydrogens is 214 g/mol. The molecule has 3 heteroatoms. The molecule has 96 valence electrons. The molecule has 1 aliphatic heterocycles. The van der Waals surface area contributed by atoms with E-state index in [2.05, 4.69) is 26.8 Å². The molecule has 0 aromatic carbocycles. The zero-order valence-corrected chi connectivity index (χ0v) is 11.4. The maximum Gasteiger partial charge on any atom is 0.223 e. The Labute approximate surface area is 104 Å². The molecule has 0 bridgehead atoms. The third kappa shape index (κ3) is 4.33. The highest BCUT2D eigenvalue weighted by Gasteiger charge is 2.23. The maximum atomic E-state index is 11.8. The molecule has 1 rings (SSSR count). The van der Waals surface area contributed by atoms with Crippen LogP contribution in [0.2, 0.25) is 0 Å². The number of carbonyl (C=O) groups excluding carboxylic acids is 2. The highest BCUT2D eigenvalue weighted by atomic mass is 16.2. The second kappa shape index (κ2) is 5.48. The van der Waals surface area contributed by atoms with Crippen molar-refractivity contribution < 1.29 is 9.59 Å². The summed E-state index contributed by atoms with van der Waals surface area (Å²) in [5, 5.41) is 0. The Balaban J connectivity index is 2.49. The number of hydrogen-bond acceptors (Lipinski definition) is 2. The lowest BCUT2D eigenvalue weighted by Gasteiger charge is -2.32. The van der Waals surface area contributed by atoms with Gasteiger partial charge in [-0.25, -0.2) is 0 Å². The predicted octanol–water partition coefficient (Wildman–Crippen LogP) is 2.56. The van der Waals surface area contributed by atoms with Crippen LogP contribution in [-0.2, 0) is 9.59 Å². The van der Waals surface area contributed by atoms with Crippen LogP contribution in [0.3, 0.4) is 0 Å². The van der Waals surface area contributed by atoms with Gasteiger partial charge in [-0.05, 0) is 18.8 Å². The molecule has 0 aliphatic carbocycles. The number of rotatable bonds is 3. The lowest BCUT2D eigenvalue weighted by atomic mass is 9.83. The van der Waals surface area contributed by atoms with Gasteiger partial charge in [-0.15, -0.1) is 0 Å². The zero-order chi connectivity index (χ0) is 13.1. The second-order valence-electron chi connectivity index (χ2n) is 5.77. The third-order valence-corrected chi connectivity index (χ3v) is 3.22. The Morgan fingerprint density at radius 1 is 1.29 bits per heavy atom. The fourth-order valence-corrected chi connectivity index (χ4v) is 2.02. The molecule has 0 atom stereocenters. The molecule has 0 saturated heterocycles. The first-order chi connectivity index (χ1) is 7.80. The van der Waals surface area contributed by atoms with Gasteiger partial charge in [-0.2, -0.15) is 0 Å². The van der Waals surface area contributed by atoms with Gasteiger partial charge in [0.1, 0.15) is 5.78 Å². The zero-order valence-electron chi connectivity index (χ0n) is 11.4. The number of nitrogens with zero attached hydrogens (tertiary/aromatic N) is 1. The molecule has 0 saturated carbocycles. The van der Waals surface area contributed by atoms with Crippen LogP contribution < -0.4 is 0 Å². The number of ketones is 1. The van der Waals surface area contributed by atoms with Crippen molar-refractivity contribution in [1.29, 1.82) is 0 Å². The van der Waals surface area contributed by atoms with Gasteiger partial charge in [-0.1, -0.05) is 32.4 Å². The number of Topliss-reactive ketones (excluding diaryl/α,β-unsaturated/α-hetero) is 1. The minimum atomic E-state index is 0.0845. The fraction of sp³-hybridized carbons (Fsp3) is 0.714. The molecule has 0 spiro atoms. The summed E-state index contributed by atoms with van der Waals surface area (Å²) in [7, 11) is 0. The molecule has 0 N–H and O–H groups in total. The Morgan fingerprint density at radius 3 is 2.35 bits per heavy atom. The quantitative estimate of drug-likeness (QED) is 0.707. The smallest absolute Gasteiger partial charge is 0.223 e. The van der Waals surface area contributed by atoms with Crippen LogP contribution in [0.25, 0.3) is 0 Å². The average molecular weight is 237 g/mol. The number of amides is 1. The topological polar surface area (TPSA) is 37.4 Å². The van der Waals surface area contributed by atoms with E-state index in [0.717, 1.165) is 13.0 Å². The summed E-state index contributed by atoms with van der Waals surface area (Å²) < 4.78 is 0. The molecule has 0 unspecified atom stereocenters. The van der Waals surface area contributed by atoms with E-state index in [1.54, 1.807) is 0 Å². The van der Waals surface area contributed by atoms with Crippen molar-refractivity contribution in [2.24, 2.45) is 5.41 Å². The molecule has 1 aliphatic rings. The molecule has 0 aromatic heterocycles. The van der Waals surface area contributed by atoms with Crippen LogP contribution in [0.5, 0.6) is 0 Å². The van der Waals surface area contributed by atoms with Crippen LogP contribution >= 0.6 is 0 Å². The Kier molecular flexibility index (Phi) is 4.49. The average Bonchev–Trinajstić information content (AvgIpc) is 2.25. The molecule has 0 radical (unpaired) electrons. The summed E-state index contributed by atoms with van der Waals surface area (Å²) in [5.74, 6) is 0.186. The van der Waals surface area contributed by atoms with Gasteiger partial charge < -0.3 is 9.69 Å². The third-order valence-electron chi connectivity index (χ3n) is 3.22. The van der Waals surface area contributed by atoms with Crippen molar-refractivity contribution >= 4 is 11.7 Å². The van der Waals surface area contributed by atoms with Gasteiger partial charge in [0.2, 0.25) is 5.91 Å². The van der Waals surface area contributed by atoms with Crippen LogP contribution in [0, 0.1) is 5.41 Å². The Hall–Kier alpha value is -1.12. The monoisotopic (exact) mass is 237 g/mol. The van der Waals surface area contributed by atoms with E-state index in [1.807, 2.05) is 4.90 Å². The van der Waals surface area contributed by atoms with Crippen LogP contribution in [0.15, 0.2) is 11.6 Å². The molecule has 1 amide bonds. The van der Waals surface area contributed by atoms with E-state index >= 15 is 0 Å². The highest BCUT2D eigenvalue weighted by molar-refractivity contribution is 5.83. The van der Waals surface area contributed by atoms with Crippen molar-refractivity contribution in [3.63, 3.8) is 0 Å². The van der Waals surface area contributed by atoms with Crippen molar-refractivity contribution in [3.05, 3.63) is 11.6 Å². The minimum Gasteiger partial charge on any atom is -0.339 e. The number of carbonyl (C=O) groups is 2. The molecular formula is C14H23NO2. The van der Waals surface area contributed by atoms with Gasteiger partial charge in [0.15, 0.2) is 0 Å². The first-order valence-corrected chi connectivity index (χ1v) is 6.27. The first-order valence-electron chi connectivity index (χ1n) is 6.27. The summed E-state index contributed by atoms with van der Waals surface area (Å²) in [4.78, 5) is 24.5. The summed E-state index contributed by atoms with van der Waals surface area (Å²) >= 11 is 0. The highest BCUT2D eigenvalue weighted by Crippen LogP contribution is 2.30. The standard InChI is InChI=1S/C14H23NO2/c1-11(16)5-6-13(17)15-9-7-12(8-10-15)14(2,3)4/h7H,5-6,8-10H2,1-4H3. The summed E-state index contributed by atoms with van der Waals surface area (Å²) in [6.07, 6.45) is 3.84. The van der Waals surface area contributed by atoms with Crippen molar-refractivity contribution in [2.75, 3.05) is 13.1 Å². The lowest BCUT2D eigenvalue weighted by molar-refractivity contribution is -0.132. The van der Waals surface area contributed by atoms with Crippen LogP contribution in [0.4, 0.5) is 0 Å². The van der Waals surface area contributed by atoms with Gasteiger partial charge >= 0.3 is 0 Å². The molecule has 3 nitrogen and oxygen atoms in total. The van der Waals surface area contributed by atoms with Gasteiger partial charge in [0.05, 0.1) is 0 Å². The second-order valence-corrected chi connectivity index (χ2v) is 5.77. The SMILES string of the molecule is CC(=O)CCC(=O)N1CC=C(C(C)(C)C)CC1. The van der Waals surface area contributed by atoms with Crippen molar-refractivity contribution in [2.45, 2.75) is 47.0 Å². The van der Waals surface area contributed by atoms with E-state index in [9.17, 15) is 9.59 Å². The number of hydrogen-bond donors (Lipinski definition) is 0. The van der Waals surface area contributed by atoms with Crippen LogP contribution in [0.1, 0.15) is 47.0 Å². The van der Waals surface area contributed by atoms with E-state index < -0.39 is 0 Å². The van der Waals surface area contributed by atoms with Crippen molar-refractivity contribution in [1.82, 2.24) is 4.90 Å². The minimum absolute atomic E-state index is 0.0845. The summed E-state index contributed by atoms with van der Waals surface area (Å²) in [6.45, 7) is 9.62. The van der Waals surface area contributed by atoms with E-state index in [-0.39, 0.29) is 17.1 Å². The normalized spacial score (nSPS) is 16.7. The largest absolute Gasteiger partial charge is 0.339 e. The Bertz CT molecular complexity index is 337. The summed E-state index contributed by atoms with van der Waals surface area (Å²) in [5.41, 5.74) is 1.63. The fourth-order valence-electron chi connectivity index (χ4n) is 2.02. The molecule has 0 fully saturated rings. The van der Waals surface area contributed by atoms with Gasteiger partial charge in [-0.3, -0.25) is 4.79 Å². The van der Waals surface area contributed by atoms with Crippen molar-refractivity contribution in [3.8, 4) is 0 Å². The van der Waals surface area contributed by atoms with E-state index in [0.29, 0.717) is 19.4 Å². The molecule has 1 heterocycles. The predicted molar refractivity (Wildman–Crippen MR) is 68.7 cm³/mol.